The van der Waals surface area contributed by atoms with E-state index in [-0.39, 0.29) is 11.6 Å². The second kappa shape index (κ2) is 9.94. The van der Waals surface area contributed by atoms with Crippen molar-refractivity contribution in [3.63, 3.8) is 0 Å². The fourth-order valence-electron chi connectivity index (χ4n) is 2.70. The first-order chi connectivity index (χ1) is 14.0. The Bertz CT molecular complexity index is 942. The van der Waals surface area contributed by atoms with E-state index in [4.69, 9.17) is 4.74 Å². The van der Waals surface area contributed by atoms with Crippen LogP contribution in [-0.2, 0) is 14.3 Å². The predicted octanol–water partition coefficient (Wildman–Crippen LogP) is 2.01. The van der Waals surface area contributed by atoms with Crippen molar-refractivity contribution < 1.29 is 19.1 Å². The molecule has 0 unspecified atom stereocenters. The number of morpholine rings is 1. The average Bonchev–Trinajstić information content (AvgIpc) is 2.74. The predicted molar refractivity (Wildman–Crippen MR) is 112 cm³/mol. The van der Waals surface area contributed by atoms with Crippen molar-refractivity contribution in [2.24, 2.45) is 5.10 Å². The summed E-state index contributed by atoms with van der Waals surface area (Å²) in [6.45, 7) is 1.90. The Balaban J connectivity index is 1.62. The van der Waals surface area contributed by atoms with E-state index >= 15 is 0 Å². The highest BCUT2D eigenvalue weighted by atomic mass is 79.9. The molecule has 0 atom stereocenters. The van der Waals surface area contributed by atoms with Gasteiger partial charge in [-0.1, -0.05) is 40.2 Å². The van der Waals surface area contributed by atoms with Crippen molar-refractivity contribution in [2.75, 3.05) is 31.6 Å². The number of halogens is 1. The number of ether oxygens (including phenoxy) is 1. The molecule has 9 heteroatoms. The van der Waals surface area contributed by atoms with Gasteiger partial charge >= 0.3 is 11.8 Å². The van der Waals surface area contributed by atoms with Gasteiger partial charge in [-0.05, 0) is 29.8 Å². The molecule has 1 fully saturated rings. The van der Waals surface area contributed by atoms with Crippen molar-refractivity contribution in [1.29, 1.82) is 0 Å². The van der Waals surface area contributed by atoms with Crippen molar-refractivity contribution in [1.82, 2.24) is 10.3 Å². The molecule has 0 aliphatic carbocycles. The largest absolute Gasteiger partial charge is 0.378 e. The summed E-state index contributed by atoms with van der Waals surface area (Å²) in [5.74, 6) is -2.08. The highest BCUT2D eigenvalue weighted by molar-refractivity contribution is 9.10. The Morgan fingerprint density at radius 3 is 2.55 bits per heavy atom. The van der Waals surface area contributed by atoms with E-state index < -0.39 is 11.8 Å². The standard InChI is InChI=1S/C20H19BrN4O4/c21-15-5-3-4-14(12-15)13-22-24-19(27)18(26)23-17-7-2-1-6-16(17)20(28)25-8-10-29-11-9-25/h1-7,12-13H,8-11H2,(H,23,26)(H,24,27)/b22-13+. The van der Waals surface area contributed by atoms with Gasteiger partial charge in [-0.25, -0.2) is 5.43 Å². The summed E-state index contributed by atoms with van der Waals surface area (Å²) in [5.41, 5.74) is 3.50. The summed E-state index contributed by atoms with van der Waals surface area (Å²) in [6, 6.07) is 13.8. The lowest BCUT2D eigenvalue weighted by Crippen LogP contribution is -2.41. The van der Waals surface area contributed by atoms with E-state index in [0.717, 1.165) is 10.0 Å². The molecule has 1 heterocycles. The summed E-state index contributed by atoms with van der Waals surface area (Å²) in [4.78, 5) is 38.6. The zero-order valence-corrected chi connectivity index (χ0v) is 17.0. The molecule has 0 radical (unpaired) electrons. The number of amides is 3. The molecule has 2 aromatic carbocycles. The van der Waals surface area contributed by atoms with Gasteiger partial charge in [0.2, 0.25) is 0 Å². The lowest BCUT2D eigenvalue weighted by Gasteiger charge is -2.27. The Morgan fingerprint density at radius 2 is 1.79 bits per heavy atom. The maximum atomic E-state index is 12.7. The highest BCUT2D eigenvalue weighted by Crippen LogP contribution is 2.18. The zero-order valence-electron chi connectivity index (χ0n) is 15.4. The van der Waals surface area contributed by atoms with Crippen molar-refractivity contribution >= 4 is 45.6 Å². The SMILES string of the molecule is O=C(N/N=C/c1cccc(Br)c1)C(=O)Nc1ccccc1C(=O)N1CCOCC1. The first kappa shape index (κ1) is 20.7. The van der Waals surface area contributed by atoms with Crippen molar-refractivity contribution in [2.45, 2.75) is 0 Å². The third-order valence-corrected chi connectivity index (χ3v) is 4.63. The number of rotatable bonds is 4. The van der Waals surface area contributed by atoms with Crippen LogP contribution in [0.4, 0.5) is 5.69 Å². The molecule has 0 bridgehead atoms. The quantitative estimate of drug-likeness (QED) is 0.415. The molecule has 0 saturated carbocycles. The monoisotopic (exact) mass is 458 g/mol. The third-order valence-electron chi connectivity index (χ3n) is 4.14. The van der Waals surface area contributed by atoms with Gasteiger partial charge in [-0.15, -0.1) is 0 Å². The normalized spacial score (nSPS) is 13.9. The third kappa shape index (κ3) is 5.72. The van der Waals surface area contributed by atoms with Gasteiger partial charge in [0, 0.05) is 17.6 Å². The number of hydrogen-bond donors (Lipinski definition) is 2. The van der Waals surface area contributed by atoms with E-state index in [0.29, 0.717) is 31.9 Å². The number of carbonyl (C=O) groups excluding carboxylic acids is 3. The van der Waals surface area contributed by atoms with Gasteiger partial charge < -0.3 is 15.0 Å². The molecule has 3 amide bonds. The van der Waals surface area contributed by atoms with Crippen LogP contribution in [0.25, 0.3) is 0 Å². The summed E-state index contributed by atoms with van der Waals surface area (Å²) in [7, 11) is 0. The van der Waals surface area contributed by atoms with E-state index in [1.165, 1.54) is 6.21 Å². The Labute approximate surface area is 176 Å². The number of carbonyl (C=O) groups is 3. The van der Waals surface area contributed by atoms with Crippen molar-refractivity contribution in [3.8, 4) is 0 Å². The molecule has 1 aliphatic heterocycles. The van der Waals surface area contributed by atoms with Crippen LogP contribution in [0, 0.1) is 0 Å². The number of anilines is 1. The van der Waals surface area contributed by atoms with Gasteiger partial charge in [-0.3, -0.25) is 14.4 Å². The van der Waals surface area contributed by atoms with Crippen LogP contribution < -0.4 is 10.7 Å². The molecule has 2 N–H and O–H groups in total. The van der Waals surface area contributed by atoms with Crippen LogP contribution in [-0.4, -0.2) is 55.1 Å². The molecule has 3 rings (SSSR count). The Morgan fingerprint density at radius 1 is 1.03 bits per heavy atom. The van der Waals surface area contributed by atoms with Gasteiger partial charge in [0.05, 0.1) is 30.7 Å². The van der Waals surface area contributed by atoms with E-state index in [9.17, 15) is 14.4 Å². The number of para-hydroxylation sites is 1. The van der Waals surface area contributed by atoms with Crippen LogP contribution in [0.3, 0.4) is 0 Å². The van der Waals surface area contributed by atoms with Crippen molar-refractivity contribution in [3.05, 3.63) is 64.1 Å². The average molecular weight is 459 g/mol. The topological polar surface area (TPSA) is 100 Å². The fraction of sp³-hybridized carbons (Fsp3) is 0.200. The van der Waals surface area contributed by atoms with E-state index in [1.807, 2.05) is 18.2 Å². The van der Waals surface area contributed by atoms with Crippen LogP contribution in [0.1, 0.15) is 15.9 Å². The van der Waals surface area contributed by atoms with Crippen LogP contribution in [0.15, 0.2) is 58.1 Å². The number of nitrogens with one attached hydrogen (secondary N) is 2. The van der Waals surface area contributed by atoms with Crippen LogP contribution in [0.2, 0.25) is 0 Å². The summed E-state index contributed by atoms with van der Waals surface area (Å²) < 4.78 is 6.12. The van der Waals surface area contributed by atoms with Gasteiger partial charge in [0.25, 0.3) is 5.91 Å². The smallest absolute Gasteiger partial charge is 0.329 e. The Hall–Kier alpha value is -3.04. The maximum Gasteiger partial charge on any atom is 0.329 e. The lowest BCUT2D eigenvalue weighted by atomic mass is 10.1. The van der Waals surface area contributed by atoms with Crippen LogP contribution >= 0.6 is 15.9 Å². The molecule has 29 heavy (non-hydrogen) atoms. The lowest BCUT2D eigenvalue weighted by molar-refractivity contribution is -0.136. The zero-order chi connectivity index (χ0) is 20.6. The maximum absolute atomic E-state index is 12.7. The molecule has 1 aliphatic rings. The first-order valence-electron chi connectivity index (χ1n) is 8.90. The minimum Gasteiger partial charge on any atom is -0.378 e. The van der Waals surface area contributed by atoms with E-state index in [1.54, 1.807) is 35.2 Å². The summed E-state index contributed by atoms with van der Waals surface area (Å²) >= 11 is 3.34. The minimum absolute atomic E-state index is 0.225. The molecule has 0 aromatic heterocycles. The fourth-order valence-corrected chi connectivity index (χ4v) is 3.11. The number of hydrazone groups is 1. The molecule has 2 aromatic rings. The molecule has 150 valence electrons. The second-order valence-corrected chi connectivity index (χ2v) is 7.07. The molecule has 1 saturated heterocycles. The molecule has 0 spiro atoms. The number of nitrogens with zero attached hydrogens (tertiary/aromatic N) is 2. The van der Waals surface area contributed by atoms with E-state index in [2.05, 4.69) is 31.8 Å². The molecular formula is C20H19BrN4O4. The minimum atomic E-state index is -0.940. The molecular weight excluding hydrogens is 440 g/mol. The Kier molecular flexibility index (Phi) is 7.09. The van der Waals surface area contributed by atoms with Gasteiger partial charge in [0.1, 0.15) is 0 Å². The number of hydrogen-bond acceptors (Lipinski definition) is 5. The summed E-state index contributed by atoms with van der Waals surface area (Å²) in [5, 5.41) is 6.26. The van der Waals surface area contributed by atoms with Crippen LogP contribution in [0.5, 0.6) is 0 Å². The number of benzene rings is 2. The summed E-state index contributed by atoms with van der Waals surface area (Å²) in [6.07, 6.45) is 1.42. The van der Waals surface area contributed by atoms with Gasteiger partial charge in [0.15, 0.2) is 0 Å². The first-order valence-corrected chi connectivity index (χ1v) is 9.70. The second-order valence-electron chi connectivity index (χ2n) is 6.16. The van der Waals surface area contributed by atoms with Gasteiger partial charge in [-0.2, -0.15) is 5.10 Å². The highest BCUT2D eigenvalue weighted by Gasteiger charge is 2.22. The molecule has 8 nitrogen and oxygen atoms in total.